The summed E-state index contributed by atoms with van der Waals surface area (Å²) in [6.07, 6.45) is 0.512. The van der Waals surface area contributed by atoms with Gasteiger partial charge in [0.1, 0.15) is 0 Å². The average molecular weight is 239 g/mol. The minimum Gasteiger partial charge on any atom is -0.385 e. The van der Waals surface area contributed by atoms with Crippen molar-refractivity contribution in [2.24, 2.45) is 0 Å². The van der Waals surface area contributed by atoms with E-state index < -0.39 is 0 Å². The Hall–Kier alpha value is -2.09. The van der Waals surface area contributed by atoms with Gasteiger partial charge in [-0.05, 0) is 19.1 Å². The molecule has 0 aliphatic rings. The molecule has 0 atom stereocenters. The number of nitrogens with one attached hydrogen (secondary N) is 1. The zero-order chi connectivity index (χ0) is 12.8. The summed E-state index contributed by atoms with van der Waals surface area (Å²) < 4.78 is 0. The molecule has 2 rings (SSSR count). The zero-order valence-electron chi connectivity index (χ0n) is 10.5. The van der Waals surface area contributed by atoms with E-state index in [9.17, 15) is 4.79 Å². The van der Waals surface area contributed by atoms with Crippen LogP contribution in [0.3, 0.4) is 0 Å². The molecule has 2 aromatic rings. The fourth-order valence-electron chi connectivity index (χ4n) is 1.76. The Morgan fingerprint density at radius 3 is 2.33 bits per heavy atom. The van der Waals surface area contributed by atoms with Crippen LogP contribution < -0.4 is 5.32 Å². The van der Waals surface area contributed by atoms with E-state index in [-0.39, 0.29) is 5.78 Å². The van der Waals surface area contributed by atoms with Crippen LogP contribution in [0.1, 0.15) is 22.3 Å². The first-order valence-corrected chi connectivity index (χ1v) is 6.14. The van der Waals surface area contributed by atoms with E-state index in [4.69, 9.17) is 0 Å². The standard InChI is InChI=1S/C16H17NO/c1-13-7-9-15(10-8-13)17-12-11-16(18)14-5-3-2-4-6-14/h2-10,17H,11-12H2,1H3. The van der Waals surface area contributed by atoms with Crippen molar-refractivity contribution in [3.63, 3.8) is 0 Å². The molecule has 0 saturated carbocycles. The van der Waals surface area contributed by atoms with E-state index in [0.717, 1.165) is 11.3 Å². The molecule has 0 heterocycles. The predicted octanol–water partition coefficient (Wildman–Crippen LogP) is 3.68. The van der Waals surface area contributed by atoms with Crippen molar-refractivity contribution in [3.05, 3.63) is 65.7 Å². The molecule has 0 aliphatic carbocycles. The molecule has 0 spiro atoms. The third-order valence-corrected chi connectivity index (χ3v) is 2.83. The second kappa shape index (κ2) is 6.01. The molecule has 0 aliphatic heterocycles. The topological polar surface area (TPSA) is 29.1 Å². The number of hydrogen-bond donors (Lipinski definition) is 1. The van der Waals surface area contributed by atoms with Gasteiger partial charge in [-0.3, -0.25) is 4.79 Å². The fraction of sp³-hybridized carbons (Fsp3) is 0.188. The smallest absolute Gasteiger partial charge is 0.164 e. The SMILES string of the molecule is Cc1ccc(NCCC(=O)c2ccccc2)cc1. The van der Waals surface area contributed by atoms with Gasteiger partial charge in [0.05, 0.1) is 0 Å². The van der Waals surface area contributed by atoms with Gasteiger partial charge in [0.15, 0.2) is 5.78 Å². The maximum Gasteiger partial charge on any atom is 0.164 e. The van der Waals surface area contributed by atoms with Crippen LogP contribution in [0.5, 0.6) is 0 Å². The zero-order valence-corrected chi connectivity index (χ0v) is 10.5. The summed E-state index contributed by atoms with van der Waals surface area (Å²) >= 11 is 0. The minimum atomic E-state index is 0.176. The number of Topliss-reactive ketones (excluding diaryl/α,β-unsaturated/α-hetero) is 1. The van der Waals surface area contributed by atoms with Gasteiger partial charge < -0.3 is 5.32 Å². The highest BCUT2D eigenvalue weighted by atomic mass is 16.1. The van der Waals surface area contributed by atoms with Crippen LogP contribution in [0.15, 0.2) is 54.6 Å². The van der Waals surface area contributed by atoms with Crippen molar-refractivity contribution in [1.29, 1.82) is 0 Å². The highest BCUT2D eigenvalue weighted by Gasteiger charge is 2.03. The number of rotatable bonds is 5. The molecular formula is C16H17NO. The summed E-state index contributed by atoms with van der Waals surface area (Å²) in [7, 11) is 0. The first kappa shape index (κ1) is 12.4. The van der Waals surface area contributed by atoms with Crippen LogP contribution in [-0.4, -0.2) is 12.3 Å². The molecule has 0 amide bonds. The van der Waals surface area contributed by atoms with Gasteiger partial charge in [-0.25, -0.2) is 0 Å². The third kappa shape index (κ3) is 3.45. The van der Waals surface area contributed by atoms with Crippen molar-refractivity contribution in [1.82, 2.24) is 0 Å². The van der Waals surface area contributed by atoms with Crippen LogP contribution in [0.4, 0.5) is 5.69 Å². The second-order valence-corrected chi connectivity index (χ2v) is 4.33. The quantitative estimate of drug-likeness (QED) is 0.806. The number of benzene rings is 2. The second-order valence-electron chi connectivity index (χ2n) is 4.33. The summed E-state index contributed by atoms with van der Waals surface area (Å²) in [5.74, 6) is 0.176. The lowest BCUT2D eigenvalue weighted by atomic mass is 10.1. The number of anilines is 1. The van der Waals surface area contributed by atoms with Crippen molar-refractivity contribution in [3.8, 4) is 0 Å². The highest BCUT2D eigenvalue weighted by Crippen LogP contribution is 2.09. The first-order valence-electron chi connectivity index (χ1n) is 6.14. The molecule has 92 valence electrons. The van der Waals surface area contributed by atoms with Crippen molar-refractivity contribution in [2.45, 2.75) is 13.3 Å². The molecule has 0 radical (unpaired) electrons. The molecule has 0 saturated heterocycles. The van der Waals surface area contributed by atoms with Crippen molar-refractivity contribution in [2.75, 3.05) is 11.9 Å². The van der Waals surface area contributed by atoms with Gasteiger partial charge in [0, 0.05) is 24.2 Å². The maximum atomic E-state index is 11.8. The third-order valence-electron chi connectivity index (χ3n) is 2.83. The Bertz CT molecular complexity index is 502. The monoisotopic (exact) mass is 239 g/mol. The Kier molecular flexibility index (Phi) is 4.13. The van der Waals surface area contributed by atoms with Gasteiger partial charge in [-0.2, -0.15) is 0 Å². The van der Waals surface area contributed by atoms with Crippen LogP contribution in [0.25, 0.3) is 0 Å². The van der Waals surface area contributed by atoms with E-state index in [1.165, 1.54) is 5.56 Å². The molecule has 2 aromatic carbocycles. The molecule has 1 N–H and O–H groups in total. The normalized spacial score (nSPS) is 10.1. The Balaban J connectivity index is 1.82. The van der Waals surface area contributed by atoms with E-state index >= 15 is 0 Å². The Morgan fingerprint density at radius 1 is 1.00 bits per heavy atom. The molecule has 2 nitrogen and oxygen atoms in total. The maximum absolute atomic E-state index is 11.8. The number of ketones is 1. The van der Waals surface area contributed by atoms with Gasteiger partial charge in [0.25, 0.3) is 0 Å². The summed E-state index contributed by atoms with van der Waals surface area (Å²) in [4.78, 5) is 11.8. The molecule has 2 heteroatoms. The minimum absolute atomic E-state index is 0.176. The average Bonchev–Trinajstić information content (AvgIpc) is 2.42. The summed E-state index contributed by atoms with van der Waals surface area (Å²) in [6.45, 7) is 2.72. The van der Waals surface area contributed by atoms with Crippen LogP contribution in [0.2, 0.25) is 0 Å². The Morgan fingerprint density at radius 2 is 1.67 bits per heavy atom. The summed E-state index contributed by atoms with van der Waals surface area (Å²) in [6, 6.07) is 17.6. The van der Waals surface area contributed by atoms with Gasteiger partial charge in [-0.1, -0.05) is 48.0 Å². The number of carbonyl (C=O) groups is 1. The highest BCUT2D eigenvalue weighted by molar-refractivity contribution is 5.96. The number of hydrogen-bond acceptors (Lipinski definition) is 2. The molecular weight excluding hydrogens is 222 g/mol. The van der Waals surface area contributed by atoms with Crippen molar-refractivity contribution < 1.29 is 4.79 Å². The van der Waals surface area contributed by atoms with Gasteiger partial charge in [-0.15, -0.1) is 0 Å². The fourth-order valence-corrected chi connectivity index (χ4v) is 1.76. The summed E-state index contributed by atoms with van der Waals surface area (Å²) in [5.41, 5.74) is 3.07. The van der Waals surface area contributed by atoms with E-state index in [1.807, 2.05) is 42.5 Å². The number of carbonyl (C=O) groups excluding carboxylic acids is 1. The van der Waals surface area contributed by atoms with Gasteiger partial charge in [0.2, 0.25) is 0 Å². The van der Waals surface area contributed by atoms with Crippen LogP contribution in [-0.2, 0) is 0 Å². The largest absolute Gasteiger partial charge is 0.385 e. The lowest BCUT2D eigenvalue weighted by molar-refractivity contribution is 0.0986. The molecule has 18 heavy (non-hydrogen) atoms. The lowest BCUT2D eigenvalue weighted by Gasteiger charge is -2.06. The molecule has 0 bridgehead atoms. The van der Waals surface area contributed by atoms with E-state index in [0.29, 0.717) is 13.0 Å². The number of aryl methyl sites for hydroxylation is 1. The van der Waals surface area contributed by atoms with Crippen LogP contribution >= 0.6 is 0 Å². The van der Waals surface area contributed by atoms with Crippen molar-refractivity contribution >= 4 is 11.5 Å². The van der Waals surface area contributed by atoms with E-state index in [2.05, 4.69) is 24.4 Å². The first-order chi connectivity index (χ1) is 8.75. The summed E-state index contributed by atoms with van der Waals surface area (Å²) in [5, 5.41) is 3.25. The predicted molar refractivity (Wildman–Crippen MR) is 75.1 cm³/mol. The molecule has 0 fully saturated rings. The van der Waals surface area contributed by atoms with E-state index in [1.54, 1.807) is 0 Å². The Labute approximate surface area is 108 Å². The van der Waals surface area contributed by atoms with Gasteiger partial charge >= 0.3 is 0 Å². The molecule has 0 aromatic heterocycles. The lowest BCUT2D eigenvalue weighted by Crippen LogP contribution is -2.08. The van der Waals surface area contributed by atoms with Crippen LogP contribution in [0, 0.1) is 6.92 Å². The molecule has 0 unspecified atom stereocenters.